The lowest BCUT2D eigenvalue weighted by Gasteiger charge is -2.33. The number of carboxylic acid groups (broad SMARTS) is 1. The lowest BCUT2D eigenvalue weighted by Crippen LogP contribution is -2.60. The molecule has 2 saturated heterocycles. The number of carboxylic acids is 1. The number of amides is 6. The molecular weight excluding hydrogens is 672 g/mol. The Morgan fingerprint density at radius 2 is 1.53 bits per heavy atom. The normalized spacial score (nSPS) is 19.3. The van der Waals surface area contributed by atoms with Crippen molar-refractivity contribution in [1.82, 2.24) is 31.1 Å². The Morgan fingerprint density at radius 3 is 2.14 bits per heavy atom. The lowest BCUT2D eigenvalue weighted by atomic mass is 10.0. The van der Waals surface area contributed by atoms with E-state index in [1.165, 1.54) is 23.8 Å². The molecule has 6 atom stereocenters. The highest BCUT2D eigenvalue weighted by Crippen LogP contribution is 2.26. The second-order valence-corrected chi connectivity index (χ2v) is 12.6. The molecule has 0 aliphatic carbocycles. The van der Waals surface area contributed by atoms with Crippen molar-refractivity contribution >= 4 is 47.4 Å². The zero-order valence-corrected chi connectivity index (χ0v) is 29.3. The number of nitrogens with two attached hydrogens (primary N) is 3. The minimum atomic E-state index is -1.47. The Bertz CT molecular complexity index is 1260. The number of ether oxygens (including phenoxy) is 1. The summed E-state index contributed by atoms with van der Waals surface area (Å²) in [5.74, 6) is -5.19. The van der Waals surface area contributed by atoms with Crippen LogP contribution in [0.4, 0.5) is 0 Å². The molecule has 288 valence electrons. The molecule has 2 unspecified atom stereocenters. The van der Waals surface area contributed by atoms with Crippen molar-refractivity contribution in [2.75, 3.05) is 46.4 Å². The van der Waals surface area contributed by atoms with Gasteiger partial charge in [0, 0.05) is 26.7 Å². The number of hydrogen-bond donors (Lipinski definition) is 9. The highest BCUT2D eigenvalue weighted by molar-refractivity contribution is 5.97. The van der Waals surface area contributed by atoms with E-state index in [0.29, 0.717) is 51.5 Å². The molecule has 51 heavy (non-hydrogen) atoms. The summed E-state index contributed by atoms with van der Waals surface area (Å²) in [5.41, 5.74) is 16.3. The smallest absolute Gasteiger partial charge is 0.326 e. The van der Waals surface area contributed by atoms with Crippen molar-refractivity contribution in [3.8, 4) is 0 Å². The SMILES string of the molecule is COCC(=O)NCC(=O)NC(C(=O)N[C@@H](CCCCN)C(=O)N1CCC[C@H]1C(=O)N1CCC[C@H]1C(=O)N[C@H](CCCN=C(N)N)C(=O)O)C(C)O. The second-order valence-electron chi connectivity index (χ2n) is 12.6. The molecular formula is C31H54N10O10. The van der Waals surface area contributed by atoms with Gasteiger partial charge in [0.05, 0.1) is 12.6 Å². The molecule has 2 fully saturated rings. The van der Waals surface area contributed by atoms with Gasteiger partial charge in [0.1, 0.15) is 36.8 Å². The van der Waals surface area contributed by atoms with Gasteiger partial charge in [-0.25, -0.2) is 4.79 Å². The van der Waals surface area contributed by atoms with Crippen LogP contribution in [0.2, 0.25) is 0 Å². The van der Waals surface area contributed by atoms with Gasteiger partial charge >= 0.3 is 5.97 Å². The average Bonchev–Trinajstić information content (AvgIpc) is 3.77. The zero-order chi connectivity index (χ0) is 38.1. The van der Waals surface area contributed by atoms with E-state index in [2.05, 4.69) is 31.0 Å². The minimum Gasteiger partial charge on any atom is -0.480 e. The maximum absolute atomic E-state index is 14.0. The molecule has 0 aromatic carbocycles. The van der Waals surface area contributed by atoms with Gasteiger partial charge in [0.2, 0.25) is 35.4 Å². The number of likely N-dealkylation sites (tertiary alicyclic amines) is 2. The number of methoxy groups -OCH3 is 1. The minimum absolute atomic E-state index is 0.0608. The van der Waals surface area contributed by atoms with Crippen molar-refractivity contribution in [2.45, 2.75) is 101 Å². The first-order valence-electron chi connectivity index (χ1n) is 17.1. The number of nitrogens with zero attached hydrogens (tertiary/aromatic N) is 3. The molecule has 2 aliphatic rings. The third kappa shape index (κ3) is 13.6. The molecule has 2 rings (SSSR count). The van der Waals surface area contributed by atoms with Crippen LogP contribution in [0.25, 0.3) is 0 Å². The molecule has 0 spiro atoms. The van der Waals surface area contributed by atoms with Gasteiger partial charge in [0.15, 0.2) is 5.96 Å². The zero-order valence-electron chi connectivity index (χ0n) is 29.3. The maximum Gasteiger partial charge on any atom is 0.326 e. The van der Waals surface area contributed by atoms with Crippen LogP contribution in [0.1, 0.15) is 64.7 Å². The van der Waals surface area contributed by atoms with Gasteiger partial charge in [-0.2, -0.15) is 0 Å². The number of unbranched alkanes of at least 4 members (excludes halogenated alkanes) is 1. The molecule has 0 bridgehead atoms. The third-order valence-corrected chi connectivity index (χ3v) is 8.58. The van der Waals surface area contributed by atoms with Gasteiger partial charge in [0.25, 0.3) is 0 Å². The summed E-state index contributed by atoms with van der Waals surface area (Å²) in [6.07, 6.45) is 1.71. The Hall–Kier alpha value is -4.56. The average molecular weight is 727 g/mol. The molecule has 6 amide bonds. The topological polar surface area (TPSA) is 314 Å². The lowest BCUT2D eigenvalue weighted by molar-refractivity contribution is -0.149. The van der Waals surface area contributed by atoms with Crippen molar-refractivity contribution in [3.63, 3.8) is 0 Å². The molecule has 0 saturated carbocycles. The van der Waals surface area contributed by atoms with Crippen LogP contribution in [0.3, 0.4) is 0 Å². The summed E-state index contributed by atoms with van der Waals surface area (Å²) in [6, 6.07) is -5.70. The predicted octanol–water partition coefficient (Wildman–Crippen LogP) is -4.17. The number of nitrogens with one attached hydrogen (secondary N) is 4. The number of aliphatic imine (C=N–C) groups is 1. The van der Waals surface area contributed by atoms with Crippen LogP contribution in [0, 0.1) is 0 Å². The summed E-state index contributed by atoms with van der Waals surface area (Å²) >= 11 is 0. The first kappa shape index (κ1) is 42.6. The van der Waals surface area contributed by atoms with Crippen molar-refractivity contribution in [1.29, 1.82) is 0 Å². The van der Waals surface area contributed by atoms with E-state index in [-0.39, 0.29) is 45.0 Å². The largest absolute Gasteiger partial charge is 0.480 e. The van der Waals surface area contributed by atoms with Gasteiger partial charge in [-0.1, -0.05) is 0 Å². The Kier molecular flexibility index (Phi) is 18.1. The van der Waals surface area contributed by atoms with Crippen LogP contribution in [0.15, 0.2) is 4.99 Å². The van der Waals surface area contributed by atoms with Gasteiger partial charge in [-0.3, -0.25) is 33.8 Å². The van der Waals surface area contributed by atoms with Gasteiger partial charge in [-0.05, 0) is 71.3 Å². The molecule has 0 radical (unpaired) electrons. The molecule has 20 heteroatoms. The fourth-order valence-corrected chi connectivity index (χ4v) is 6.01. The highest BCUT2D eigenvalue weighted by atomic mass is 16.5. The van der Waals surface area contributed by atoms with Crippen LogP contribution < -0.4 is 38.5 Å². The number of hydrogen-bond acceptors (Lipinski definition) is 11. The number of aliphatic hydroxyl groups excluding tert-OH is 1. The van der Waals surface area contributed by atoms with E-state index in [9.17, 15) is 43.8 Å². The van der Waals surface area contributed by atoms with Crippen LogP contribution in [-0.2, 0) is 38.3 Å². The van der Waals surface area contributed by atoms with Gasteiger partial charge < -0.3 is 63.2 Å². The predicted molar refractivity (Wildman–Crippen MR) is 182 cm³/mol. The van der Waals surface area contributed by atoms with E-state index >= 15 is 0 Å². The quantitative estimate of drug-likeness (QED) is 0.0309. The number of aliphatic hydroxyl groups is 1. The summed E-state index contributed by atoms with van der Waals surface area (Å²) in [4.78, 5) is 97.0. The standard InChI is InChI=1S/C31H54N10O10/c1-18(42)25(39-23(43)16-36-24(44)17-51-2)27(46)37-19(8-3-4-12-32)28(47)41-15-7-11-22(41)29(48)40-14-6-10-21(40)26(45)38-20(30(49)50)9-5-13-35-31(33)34/h18-22,25,42H,3-17,32H2,1-2H3,(H,36,44)(H,37,46)(H,38,45)(H,39,43)(H,49,50)(H4,33,34,35)/t18?,19-,20+,21-,22-,25?/m0/s1. The van der Waals surface area contributed by atoms with E-state index in [1.54, 1.807) is 0 Å². The van der Waals surface area contributed by atoms with Gasteiger partial charge in [-0.15, -0.1) is 0 Å². The number of guanidine groups is 1. The highest BCUT2D eigenvalue weighted by Gasteiger charge is 2.44. The molecule has 2 aliphatic heterocycles. The summed E-state index contributed by atoms with van der Waals surface area (Å²) in [6.45, 7) is 1.47. The second kappa shape index (κ2) is 21.6. The Balaban J connectivity index is 2.16. The fraction of sp³-hybridized carbons (Fsp3) is 0.742. The van der Waals surface area contributed by atoms with Crippen molar-refractivity contribution in [2.24, 2.45) is 22.2 Å². The molecule has 2 heterocycles. The number of rotatable bonds is 21. The third-order valence-electron chi connectivity index (χ3n) is 8.58. The van der Waals surface area contributed by atoms with Crippen molar-refractivity contribution < 1.29 is 48.5 Å². The van der Waals surface area contributed by atoms with Crippen LogP contribution >= 0.6 is 0 Å². The summed E-state index contributed by atoms with van der Waals surface area (Å²) in [5, 5.41) is 29.8. The first-order chi connectivity index (χ1) is 24.2. The van der Waals surface area contributed by atoms with Crippen molar-refractivity contribution in [3.05, 3.63) is 0 Å². The van der Waals surface area contributed by atoms with E-state index in [0.717, 1.165) is 0 Å². The maximum atomic E-state index is 14.0. The molecule has 20 nitrogen and oxygen atoms in total. The first-order valence-corrected chi connectivity index (χ1v) is 17.1. The molecule has 0 aromatic heterocycles. The number of aliphatic carboxylic acids is 1. The van der Waals surface area contributed by atoms with E-state index in [4.69, 9.17) is 17.2 Å². The Labute approximate surface area is 296 Å². The summed E-state index contributed by atoms with van der Waals surface area (Å²) < 4.78 is 4.69. The van der Waals surface area contributed by atoms with Crippen LogP contribution in [0.5, 0.6) is 0 Å². The van der Waals surface area contributed by atoms with E-state index in [1.807, 2.05) is 0 Å². The number of carbonyl (C=O) groups is 7. The fourth-order valence-electron chi connectivity index (χ4n) is 6.01. The monoisotopic (exact) mass is 726 g/mol. The number of carbonyl (C=O) groups excluding carboxylic acids is 6. The summed E-state index contributed by atoms with van der Waals surface area (Å²) in [7, 11) is 1.31. The Morgan fingerprint density at radius 1 is 0.882 bits per heavy atom. The molecule has 0 aromatic rings. The van der Waals surface area contributed by atoms with E-state index < -0.39 is 84.3 Å². The molecule has 12 N–H and O–H groups in total. The van der Waals surface area contributed by atoms with Crippen LogP contribution in [-0.4, -0.2) is 150 Å².